The van der Waals surface area contributed by atoms with Gasteiger partial charge in [-0.05, 0) is 74.8 Å². The number of anilines is 1. The minimum Gasteiger partial charge on any atom is -0.491 e. The van der Waals surface area contributed by atoms with Crippen molar-refractivity contribution in [2.24, 2.45) is 5.92 Å². The summed E-state index contributed by atoms with van der Waals surface area (Å²) in [5.74, 6) is 2.52. The Bertz CT molecular complexity index is 1160. The molecule has 3 heterocycles. The molecule has 0 N–H and O–H groups in total. The van der Waals surface area contributed by atoms with Crippen LogP contribution in [-0.2, 0) is 19.4 Å². The number of hydrogen-bond acceptors (Lipinski definition) is 5. The molecule has 5 heteroatoms. The first kappa shape index (κ1) is 20.7. The highest BCUT2D eigenvalue weighted by atomic mass is 16.5. The molecule has 0 fully saturated rings. The van der Waals surface area contributed by atoms with Gasteiger partial charge in [-0.25, -0.2) is 9.97 Å². The van der Waals surface area contributed by atoms with E-state index in [0.29, 0.717) is 12.5 Å². The first-order valence-corrected chi connectivity index (χ1v) is 11.5. The van der Waals surface area contributed by atoms with E-state index in [-0.39, 0.29) is 0 Å². The highest BCUT2D eigenvalue weighted by molar-refractivity contribution is 5.66. The minimum absolute atomic E-state index is 0.501. The molecule has 3 aromatic rings. The monoisotopic (exact) mass is 426 g/mol. The van der Waals surface area contributed by atoms with E-state index >= 15 is 0 Å². The molecule has 1 aliphatic heterocycles. The van der Waals surface area contributed by atoms with Gasteiger partial charge in [-0.15, -0.1) is 6.58 Å². The van der Waals surface area contributed by atoms with Crippen LogP contribution in [0.3, 0.4) is 0 Å². The van der Waals surface area contributed by atoms with Crippen molar-refractivity contribution in [2.45, 2.75) is 46.1 Å². The number of benzene rings is 1. The second-order valence-corrected chi connectivity index (χ2v) is 8.93. The Morgan fingerprint density at radius 3 is 2.88 bits per heavy atom. The average Bonchev–Trinajstić information content (AvgIpc) is 3.16. The van der Waals surface area contributed by atoms with E-state index in [0.717, 1.165) is 55.2 Å². The van der Waals surface area contributed by atoms with E-state index in [1.807, 2.05) is 13.1 Å². The molecule has 0 saturated carbocycles. The number of allylic oxidation sites excluding steroid dienone is 1. The van der Waals surface area contributed by atoms with Gasteiger partial charge in [0.15, 0.2) is 0 Å². The van der Waals surface area contributed by atoms with Gasteiger partial charge in [0, 0.05) is 40.8 Å². The van der Waals surface area contributed by atoms with Gasteiger partial charge in [0.05, 0.1) is 6.54 Å². The maximum Gasteiger partial charge on any atom is 0.135 e. The molecule has 1 aliphatic carbocycles. The summed E-state index contributed by atoms with van der Waals surface area (Å²) in [5, 5.41) is 0. The van der Waals surface area contributed by atoms with Crippen LogP contribution in [0.1, 0.15) is 40.9 Å². The highest BCUT2D eigenvalue weighted by Gasteiger charge is 2.24. The van der Waals surface area contributed by atoms with Crippen LogP contribution in [0, 0.1) is 19.8 Å². The van der Waals surface area contributed by atoms with Crippen molar-refractivity contribution < 1.29 is 4.74 Å². The Kier molecular flexibility index (Phi) is 5.64. The smallest absolute Gasteiger partial charge is 0.135 e. The van der Waals surface area contributed by atoms with E-state index in [1.165, 1.54) is 34.4 Å². The molecule has 0 amide bonds. The number of aromatic nitrogens is 3. The van der Waals surface area contributed by atoms with Gasteiger partial charge in [-0.3, -0.25) is 4.98 Å². The number of nitrogens with zero attached hydrogens (tertiary/aromatic N) is 4. The summed E-state index contributed by atoms with van der Waals surface area (Å²) < 4.78 is 6.12. The van der Waals surface area contributed by atoms with Gasteiger partial charge in [-0.1, -0.05) is 12.1 Å². The summed E-state index contributed by atoms with van der Waals surface area (Å²) in [5.41, 5.74) is 8.24. The number of rotatable bonds is 3. The summed E-state index contributed by atoms with van der Waals surface area (Å²) in [6, 6.07) is 8.68. The third-order valence-corrected chi connectivity index (χ3v) is 6.82. The van der Waals surface area contributed by atoms with Crippen LogP contribution in [-0.4, -0.2) is 28.1 Å². The van der Waals surface area contributed by atoms with E-state index in [1.54, 1.807) is 6.33 Å². The van der Waals surface area contributed by atoms with Gasteiger partial charge in [0.1, 0.15) is 24.5 Å². The zero-order valence-electron chi connectivity index (χ0n) is 19.0. The molecule has 1 atom stereocenters. The topological polar surface area (TPSA) is 51.1 Å². The first-order chi connectivity index (χ1) is 15.6. The number of ether oxygens (including phenoxy) is 1. The maximum atomic E-state index is 6.12. The number of hydrogen-bond donors (Lipinski definition) is 0. The normalized spacial score (nSPS) is 18.1. The molecular weight excluding hydrogens is 396 g/mol. The van der Waals surface area contributed by atoms with E-state index in [2.05, 4.69) is 58.7 Å². The summed E-state index contributed by atoms with van der Waals surface area (Å²) in [4.78, 5) is 16.3. The van der Waals surface area contributed by atoms with Gasteiger partial charge >= 0.3 is 0 Å². The quantitative estimate of drug-likeness (QED) is 0.424. The van der Waals surface area contributed by atoms with Gasteiger partial charge < -0.3 is 9.64 Å². The molecule has 2 aliphatic rings. The van der Waals surface area contributed by atoms with E-state index in [4.69, 9.17) is 9.72 Å². The van der Waals surface area contributed by atoms with Crippen LogP contribution >= 0.6 is 0 Å². The lowest BCUT2D eigenvalue weighted by Crippen LogP contribution is -2.28. The van der Waals surface area contributed by atoms with Crippen LogP contribution in [0.15, 0.2) is 49.4 Å². The number of aryl methyl sites for hydroxylation is 2. The predicted molar refractivity (Wildman–Crippen MR) is 128 cm³/mol. The summed E-state index contributed by atoms with van der Waals surface area (Å²) in [7, 11) is 0. The molecule has 164 valence electrons. The molecule has 0 spiro atoms. The zero-order valence-corrected chi connectivity index (χ0v) is 19.0. The highest BCUT2D eigenvalue weighted by Crippen LogP contribution is 2.34. The first-order valence-electron chi connectivity index (χ1n) is 11.5. The van der Waals surface area contributed by atoms with Gasteiger partial charge in [0.25, 0.3) is 0 Å². The average molecular weight is 427 g/mol. The fourth-order valence-electron chi connectivity index (χ4n) is 4.79. The summed E-state index contributed by atoms with van der Waals surface area (Å²) in [6.45, 7) is 10.4. The zero-order chi connectivity index (χ0) is 22.1. The standard InChI is InChI=1S/C27H30N4O/c1-4-20-6-5-7-24-25(13-20)29-17-30-27(24)31-10-11-32-26-9-8-21(14-23(26)16-31)22-12-18(2)19(3)28-15-22/h4,8-9,12,14-15,17,20H,1,5-7,10-11,13,16H2,2-3H3. The van der Waals surface area contributed by atoms with Crippen LogP contribution in [0.25, 0.3) is 11.1 Å². The Balaban J connectivity index is 1.49. The van der Waals surface area contributed by atoms with Gasteiger partial charge in [-0.2, -0.15) is 0 Å². The lowest BCUT2D eigenvalue weighted by Gasteiger charge is -2.24. The third kappa shape index (κ3) is 3.99. The molecule has 5 rings (SSSR count). The number of fused-ring (bicyclic) bond motifs is 2. The molecule has 5 nitrogen and oxygen atoms in total. The molecule has 2 aromatic heterocycles. The Labute approximate surface area is 190 Å². The van der Waals surface area contributed by atoms with Crippen molar-refractivity contribution in [3.8, 4) is 16.9 Å². The Morgan fingerprint density at radius 2 is 2.03 bits per heavy atom. The summed E-state index contributed by atoms with van der Waals surface area (Å²) in [6.07, 6.45) is 10.1. The summed E-state index contributed by atoms with van der Waals surface area (Å²) >= 11 is 0. The predicted octanol–water partition coefficient (Wildman–Crippen LogP) is 5.24. The van der Waals surface area contributed by atoms with Crippen molar-refractivity contribution >= 4 is 5.82 Å². The molecular formula is C27H30N4O. The number of pyridine rings is 1. The second-order valence-electron chi connectivity index (χ2n) is 8.93. The lowest BCUT2D eigenvalue weighted by molar-refractivity contribution is 0.331. The largest absolute Gasteiger partial charge is 0.491 e. The molecule has 32 heavy (non-hydrogen) atoms. The minimum atomic E-state index is 0.501. The lowest BCUT2D eigenvalue weighted by atomic mass is 10.0. The fourth-order valence-corrected chi connectivity index (χ4v) is 4.79. The van der Waals surface area contributed by atoms with Crippen molar-refractivity contribution in [1.82, 2.24) is 15.0 Å². The SMILES string of the molecule is C=CC1CCCc2c(ncnc2N2CCOc3ccc(-c4cnc(C)c(C)c4)cc3C2)C1. The van der Waals surface area contributed by atoms with Crippen LogP contribution in [0.5, 0.6) is 5.75 Å². The molecule has 0 saturated heterocycles. The van der Waals surface area contributed by atoms with E-state index < -0.39 is 0 Å². The fraction of sp³-hybridized carbons (Fsp3) is 0.370. The third-order valence-electron chi connectivity index (χ3n) is 6.82. The maximum absolute atomic E-state index is 6.12. The molecule has 0 bridgehead atoms. The van der Waals surface area contributed by atoms with Crippen molar-refractivity contribution in [3.05, 3.63) is 77.5 Å². The van der Waals surface area contributed by atoms with E-state index in [9.17, 15) is 0 Å². The molecule has 1 aromatic carbocycles. The Morgan fingerprint density at radius 1 is 1.12 bits per heavy atom. The Hall–Kier alpha value is -3.21. The van der Waals surface area contributed by atoms with Crippen LogP contribution < -0.4 is 9.64 Å². The van der Waals surface area contributed by atoms with Gasteiger partial charge in [0.2, 0.25) is 0 Å². The van der Waals surface area contributed by atoms with Crippen LogP contribution in [0.4, 0.5) is 5.82 Å². The van der Waals surface area contributed by atoms with Crippen LogP contribution in [0.2, 0.25) is 0 Å². The molecule has 0 radical (unpaired) electrons. The van der Waals surface area contributed by atoms with Crippen molar-refractivity contribution in [3.63, 3.8) is 0 Å². The van der Waals surface area contributed by atoms with Crippen molar-refractivity contribution in [1.29, 1.82) is 0 Å². The van der Waals surface area contributed by atoms with Crippen molar-refractivity contribution in [2.75, 3.05) is 18.1 Å². The second kappa shape index (κ2) is 8.73. The molecule has 1 unspecified atom stereocenters.